The molecule has 2 heterocycles. The quantitative estimate of drug-likeness (QED) is 0.230. The van der Waals surface area contributed by atoms with E-state index in [0.717, 1.165) is 61.9 Å². The first kappa shape index (κ1) is 29.2. The number of nitrogens with zero attached hydrogens (tertiary/aromatic N) is 3. The lowest BCUT2D eigenvalue weighted by molar-refractivity contribution is -0.127. The zero-order chi connectivity index (χ0) is 28.7. The second-order valence-electron chi connectivity index (χ2n) is 10.9. The SMILES string of the molecule is CCCC(CCC)C(=O)C1(C(CCCc2ccccc2)c2c(C)nn(-c3ccccc3C(=O)O)c2C)C=CC=N1. The van der Waals surface area contributed by atoms with Crippen molar-refractivity contribution < 1.29 is 14.7 Å². The van der Waals surface area contributed by atoms with Crippen LogP contribution < -0.4 is 0 Å². The molecule has 6 heteroatoms. The first-order valence-corrected chi connectivity index (χ1v) is 14.5. The number of hydrogen-bond donors (Lipinski definition) is 1. The zero-order valence-corrected chi connectivity index (χ0v) is 24.1. The number of allylic oxidation sites excluding steroid dienone is 1. The van der Waals surface area contributed by atoms with Crippen LogP contribution in [0.2, 0.25) is 0 Å². The van der Waals surface area contributed by atoms with Crippen molar-refractivity contribution in [3.8, 4) is 5.69 Å². The van der Waals surface area contributed by atoms with Gasteiger partial charge in [0.1, 0.15) is 5.54 Å². The van der Waals surface area contributed by atoms with Gasteiger partial charge < -0.3 is 5.11 Å². The summed E-state index contributed by atoms with van der Waals surface area (Å²) in [6.07, 6.45) is 11.8. The fourth-order valence-electron chi connectivity index (χ4n) is 6.33. The van der Waals surface area contributed by atoms with Gasteiger partial charge in [-0.15, -0.1) is 0 Å². The van der Waals surface area contributed by atoms with Gasteiger partial charge in [0.25, 0.3) is 0 Å². The molecule has 0 spiro atoms. The Hall–Kier alpha value is -3.80. The smallest absolute Gasteiger partial charge is 0.337 e. The summed E-state index contributed by atoms with van der Waals surface area (Å²) >= 11 is 0. The molecule has 4 rings (SSSR count). The van der Waals surface area contributed by atoms with Crippen molar-refractivity contribution in [3.63, 3.8) is 0 Å². The predicted molar refractivity (Wildman–Crippen MR) is 161 cm³/mol. The Morgan fingerprint density at radius 1 is 0.950 bits per heavy atom. The molecule has 6 nitrogen and oxygen atoms in total. The molecule has 1 N–H and O–H groups in total. The van der Waals surface area contributed by atoms with Crippen molar-refractivity contribution in [2.75, 3.05) is 0 Å². The maximum absolute atomic E-state index is 14.5. The molecule has 210 valence electrons. The lowest BCUT2D eigenvalue weighted by atomic mass is 9.69. The Kier molecular flexibility index (Phi) is 9.51. The number of aryl methyl sites for hydroxylation is 2. The molecule has 0 aliphatic carbocycles. The fourth-order valence-corrected chi connectivity index (χ4v) is 6.33. The van der Waals surface area contributed by atoms with Crippen molar-refractivity contribution in [2.24, 2.45) is 10.9 Å². The minimum absolute atomic E-state index is 0.0603. The number of aliphatic imine (C=N–C) groups is 1. The molecule has 0 saturated heterocycles. The summed E-state index contributed by atoms with van der Waals surface area (Å²) in [7, 11) is 0. The molecule has 40 heavy (non-hydrogen) atoms. The van der Waals surface area contributed by atoms with Crippen LogP contribution in [0.5, 0.6) is 0 Å². The minimum atomic E-state index is -0.999. The second kappa shape index (κ2) is 13.0. The van der Waals surface area contributed by atoms with E-state index in [1.807, 2.05) is 38.1 Å². The second-order valence-corrected chi connectivity index (χ2v) is 10.9. The zero-order valence-electron chi connectivity index (χ0n) is 24.1. The number of carbonyl (C=O) groups excluding carboxylic acids is 1. The van der Waals surface area contributed by atoms with Gasteiger partial charge in [0, 0.05) is 29.3 Å². The number of carboxylic acids is 1. The average molecular weight is 540 g/mol. The van der Waals surface area contributed by atoms with Crippen LogP contribution in [0.25, 0.3) is 5.69 Å². The number of Topliss-reactive ketones (excluding diaryl/α,β-unsaturated/α-hetero) is 1. The number of benzene rings is 2. The lowest BCUT2D eigenvalue weighted by Gasteiger charge is -2.36. The van der Waals surface area contributed by atoms with Crippen molar-refractivity contribution in [2.45, 2.75) is 84.1 Å². The molecule has 0 amide bonds. The summed E-state index contributed by atoms with van der Waals surface area (Å²) in [6, 6.07) is 17.3. The highest BCUT2D eigenvalue weighted by Crippen LogP contribution is 2.45. The molecule has 0 fully saturated rings. The summed E-state index contributed by atoms with van der Waals surface area (Å²) in [5.41, 5.74) is 3.61. The van der Waals surface area contributed by atoms with Crippen LogP contribution in [0.1, 0.15) is 91.2 Å². The van der Waals surface area contributed by atoms with E-state index < -0.39 is 11.5 Å². The normalized spacial score (nSPS) is 17.0. The summed E-state index contributed by atoms with van der Waals surface area (Å²) in [6.45, 7) is 8.20. The van der Waals surface area contributed by atoms with Crippen LogP contribution in [-0.4, -0.2) is 38.4 Å². The van der Waals surface area contributed by atoms with Gasteiger partial charge in [-0.3, -0.25) is 9.79 Å². The number of hydrogen-bond acceptors (Lipinski definition) is 4. The molecule has 0 saturated carbocycles. The van der Waals surface area contributed by atoms with E-state index in [1.165, 1.54) is 5.56 Å². The van der Waals surface area contributed by atoms with Crippen LogP contribution in [0.4, 0.5) is 0 Å². The van der Waals surface area contributed by atoms with Gasteiger partial charge in [-0.25, -0.2) is 9.48 Å². The number of ketones is 1. The largest absolute Gasteiger partial charge is 0.478 e. The molecule has 1 aliphatic rings. The standard InChI is InChI=1S/C34H41N3O3/c1-5-14-27(15-6-2)32(38)34(22-13-23-35-34)29(20-12-18-26-16-8-7-9-17-26)31-24(3)36-37(25(31)4)30-21-11-10-19-28(30)33(39)40/h7-11,13,16-17,19,21-23,27,29H,5-6,12,14-15,18,20H2,1-4H3,(H,39,40). The Balaban J connectivity index is 1.83. The highest BCUT2D eigenvalue weighted by molar-refractivity contribution is 5.98. The third-order valence-corrected chi connectivity index (χ3v) is 8.16. The Morgan fingerprint density at radius 3 is 2.25 bits per heavy atom. The molecule has 1 aromatic heterocycles. The lowest BCUT2D eigenvalue weighted by Crippen LogP contribution is -2.44. The van der Waals surface area contributed by atoms with E-state index in [9.17, 15) is 14.7 Å². The van der Waals surface area contributed by atoms with Gasteiger partial charge in [0.2, 0.25) is 0 Å². The third-order valence-electron chi connectivity index (χ3n) is 8.16. The van der Waals surface area contributed by atoms with Gasteiger partial charge in [-0.05, 0) is 75.8 Å². The average Bonchev–Trinajstić information content (AvgIpc) is 3.56. The molecule has 2 unspecified atom stereocenters. The summed E-state index contributed by atoms with van der Waals surface area (Å²) in [4.78, 5) is 31.5. The van der Waals surface area contributed by atoms with Crippen LogP contribution in [0.15, 0.2) is 71.7 Å². The van der Waals surface area contributed by atoms with Crippen LogP contribution in [-0.2, 0) is 11.2 Å². The number of aromatic carboxylic acids is 1. The van der Waals surface area contributed by atoms with Crippen LogP contribution in [0, 0.1) is 19.8 Å². The minimum Gasteiger partial charge on any atom is -0.478 e. The molecule has 1 aliphatic heterocycles. The Morgan fingerprint density at radius 2 is 1.62 bits per heavy atom. The highest BCUT2D eigenvalue weighted by atomic mass is 16.4. The van der Waals surface area contributed by atoms with Crippen LogP contribution >= 0.6 is 0 Å². The summed E-state index contributed by atoms with van der Waals surface area (Å²) in [5.74, 6) is -1.10. The number of carboxylic acid groups (broad SMARTS) is 1. The van der Waals surface area contributed by atoms with Gasteiger partial charge in [-0.2, -0.15) is 5.10 Å². The number of para-hydroxylation sites is 1. The molecule has 3 aromatic rings. The van der Waals surface area contributed by atoms with Crippen LogP contribution in [0.3, 0.4) is 0 Å². The molecular formula is C34H41N3O3. The molecule has 2 aromatic carbocycles. The van der Waals surface area contributed by atoms with E-state index in [2.05, 4.69) is 38.1 Å². The third kappa shape index (κ3) is 5.86. The van der Waals surface area contributed by atoms with Crippen molar-refractivity contribution in [3.05, 3.63) is 94.8 Å². The van der Waals surface area contributed by atoms with Gasteiger partial charge in [-0.1, -0.05) is 69.2 Å². The summed E-state index contributed by atoms with van der Waals surface area (Å²) < 4.78 is 1.73. The number of aromatic nitrogens is 2. The summed E-state index contributed by atoms with van der Waals surface area (Å²) in [5, 5.41) is 14.7. The molecular weight excluding hydrogens is 498 g/mol. The monoisotopic (exact) mass is 539 g/mol. The maximum Gasteiger partial charge on any atom is 0.337 e. The van der Waals surface area contributed by atoms with E-state index >= 15 is 0 Å². The molecule has 0 bridgehead atoms. The predicted octanol–water partition coefficient (Wildman–Crippen LogP) is 7.46. The van der Waals surface area contributed by atoms with E-state index in [4.69, 9.17) is 10.1 Å². The maximum atomic E-state index is 14.5. The Labute approximate surface area is 237 Å². The Bertz CT molecular complexity index is 1370. The fraction of sp³-hybridized carbons (Fsp3) is 0.412. The topological polar surface area (TPSA) is 84.5 Å². The van der Waals surface area contributed by atoms with Gasteiger partial charge in [0.15, 0.2) is 5.78 Å². The first-order chi connectivity index (χ1) is 19.3. The van der Waals surface area contributed by atoms with Crippen molar-refractivity contribution in [1.82, 2.24) is 9.78 Å². The molecule has 2 atom stereocenters. The van der Waals surface area contributed by atoms with Crippen molar-refractivity contribution >= 4 is 18.0 Å². The molecule has 0 radical (unpaired) electrons. The van der Waals surface area contributed by atoms with E-state index in [1.54, 1.807) is 29.1 Å². The van der Waals surface area contributed by atoms with Gasteiger partial charge in [0.05, 0.1) is 16.9 Å². The van der Waals surface area contributed by atoms with E-state index in [0.29, 0.717) is 5.69 Å². The van der Waals surface area contributed by atoms with E-state index in [-0.39, 0.29) is 23.2 Å². The van der Waals surface area contributed by atoms with Crippen molar-refractivity contribution in [1.29, 1.82) is 0 Å². The first-order valence-electron chi connectivity index (χ1n) is 14.5. The number of rotatable bonds is 14. The number of carbonyl (C=O) groups is 2. The highest BCUT2D eigenvalue weighted by Gasteiger charge is 2.48. The van der Waals surface area contributed by atoms with Gasteiger partial charge >= 0.3 is 5.97 Å².